The molecule has 130 valence electrons. The zero-order valence-electron chi connectivity index (χ0n) is 13.2. The van der Waals surface area contributed by atoms with Gasteiger partial charge in [-0.25, -0.2) is 4.39 Å². The molecule has 0 aliphatic heterocycles. The summed E-state index contributed by atoms with van der Waals surface area (Å²) < 4.78 is 12.8. The van der Waals surface area contributed by atoms with E-state index in [1.165, 1.54) is 30.5 Å². The lowest BCUT2D eigenvalue weighted by Crippen LogP contribution is -2.28. The van der Waals surface area contributed by atoms with Crippen LogP contribution in [0.1, 0.15) is 11.1 Å². The summed E-state index contributed by atoms with van der Waals surface area (Å²) in [5.74, 6) is -0.681. The van der Waals surface area contributed by atoms with Gasteiger partial charge in [-0.2, -0.15) is 0 Å². The lowest BCUT2D eigenvalue weighted by molar-refractivity contribution is -0.385. The predicted molar refractivity (Wildman–Crippen MR) is 89.8 cm³/mol. The van der Waals surface area contributed by atoms with Crippen LogP contribution in [0.25, 0.3) is 0 Å². The molecule has 1 N–H and O–H groups in total. The molecule has 0 fully saturated rings. The second-order valence-corrected chi connectivity index (χ2v) is 5.05. The molecule has 2 rings (SSSR count). The number of nitrogens with zero attached hydrogens (tertiary/aromatic N) is 2. The van der Waals surface area contributed by atoms with Crippen LogP contribution in [0, 0.1) is 15.9 Å². The maximum Gasteiger partial charge on any atom is 0.278 e. The third kappa shape index (κ3) is 6.02. The molecule has 0 unspecified atom stereocenters. The van der Waals surface area contributed by atoms with Gasteiger partial charge in [0.1, 0.15) is 5.82 Å². The molecule has 25 heavy (non-hydrogen) atoms. The number of rotatable bonds is 8. The van der Waals surface area contributed by atoms with Crippen molar-refractivity contribution >= 4 is 17.8 Å². The number of amides is 1. The van der Waals surface area contributed by atoms with E-state index in [4.69, 9.17) is 4.84 Å². The Kier molecular flexibility index (Phi) is 6.58. The van der Waals surface area contributed by atoms with E-state index < -0.39 is 4.92 Å². The van der Waals surface area contributed by atoms with Crippen molar-refractivity contribution in [2.75, 3.05) is 13.2 Å². The predicted octanol–water partition coefficient (Wildman–Crippen LogP) is 2.44. The van der Waals surface area contributed by atoms with Crippen molar-refractivity contribution in [2.24, 2.45) is 5.16 Å². The highest BCUT2D eigenvalue weighted by Crippen LogP contribution is 2.15. The Morgan fingerprint density at radius 1 is 1.24 bits per heavy atom. The number of benzene rings is 2. The number of carbonyl (C=O) groups is 1. The second kappa shape index (κ2) is 9.11. The lowest BCUT2D eigenvalue weighted by Gasteiger charge is -2.04. The van der Waals surface area contributed by atoms with E-state index in [0.29, 0.717) is 13.0 Å². The molecule has 8 heteroatoms. The van der Waals surface area contributed by atoms with Gasteiger partial charge in [0.2, 0.25) is 0 Å². The number of oxime groups is 1. The molecule has 0 bridgehead atoms. The first-order valence-electron chi connectivity index (χ1n) is 7.46. The minimum Gasteiger partial charge on any atom is -0.386 e. The van der Waals surface area contributed by atoms with Crippen molar-refractivity contribution < 1.29 is 18.9 Å². The van der Waals surface area contributed by atoms with Crippen LogP contribution in [0.4, 0.5) is 10.1 Å². The quantitative estimate of drug-likeness (QED) is 0.452. The van der Waals surface area contributed by atoms with Crippen molar-refractivity contribution in [3.63, 3.8) is 0 Å². The van der Waals surface area contributed by atoms with Gasteiger partial charge >= 0.3 is 0 Å². The third-order valence-corrected chi connectivity index (χ3v) is 3.24. The van der Waals surface area contributed by atoms with E-state index in [-0.39, 0.29) is 29.6 Å². The average molecular weight is 345 g/mol. The normalized spacial score (nSPS) is 10.6. The zero-order valence-corrected chi connectivity index (χ0v) is 13.2. The summed E-state index contributed by atoms with van der Waals surface area (Å²) in [5, 5.41) is 17.0. The van der Waals surface area contributed by atoms with E-state index >= 15 is 0 Å². The number of nitro benzene ring substituents is 1. The van der Waals surface area contributed by atoms with Crippen LogP contribution in [0.15, 0.2) is 53.7 Å². The van der Waals surface area contributed by atoms with Gasteiger partial charge in [-0.3, -0.25) is 14.9 Å². The molecule has 1 amide bonds. The molecule has 0 aliphatic carbocycles. The molecular formula is C17H16FN3O4. The van der Waals surface area contributed by atoms with Crippen molar-refractivity contribution in [2.45, 2.75) is 6.42 Å². The van der Waals surface area contributed by atoms with Gasteiger partial charge in [-0.15, -0.1) is 0 Å². The van der Waals surface area contributed by atoms with E-state index in [9.17, 15) is 19.3 Å². The van der Waals surface area contributed by atoms with Gasteiger partial charge in [-0.1, -0.05) is 29.4 Å². The van der Waals surface area contributed by atoms with Crippen molar-refractivity contribution in [3.8, 4) is 0 Å². The Balaban J connectivity index is 1.71. The summed E-state index contributed by atoms with van der Waals surface area (Å²) in [6.07, 6.45) is 1.75. The molecule has 0 aliphatic rings. The summed E-state index contributed by atoms with van der Waals surface area (Å²) >= 11 is 0. The number of hydrogen-bond donors (Lipinski definition) is 1. The summed E-state index contributed by atoms with van der Waals surface area (Å²) in [6.45, 7) is 0.0717. The number of halogens is 1. The van der Waals surface area contributed by atoms with Crippen molar-refractivity contribution in [1.82, 2.24) is 5.32 Å². The molecule has 0 spiro atoms. The van der Waals surface area contributed by atoms with Crippen LogP contribution in [0.2, 0.25) is 0 Å². The number of nitrogens with one attached hydrogen (secondary N) is 1. The van der Waals surface area contributed by atoms with E-state index in [2.05, 4.69) is 10.5 Å². The van der Waals surface area contributed by atoms with Crippen LogP contribution in [-0.4, -0.2) is 30.2 Å². The van der Waals surface area contributed by atoms with E-state index in [1.54, 1.807) is 24.3 Å². The molecule has 2 aromatic carbocycles. The third-order valence-electron chi connectivity index (χ3n) is 3.24. The monoisotopic (exact) mass is 345 g/mol. The molecule has 0 radical (unpaired) electrons. The Bertz CT molecular complexity index is 763. The first kappa shape index (κ1) is 18.1. The molecule has 0 saturated carbocycles. The summed E-state index contributed by atoms with van der Waals surface area (Å²) in [4.78, 5) is 26.7. The number of nitro groups is 1. The van der Waals surface area contributed by atoms with Crippen LogP contribution >= 0.6 is 0 Å². The average Bonchev–Trinajstić information content (AvgIpc) is 2.60. The van der Waals surface area contributed by atoms with Gasteiger partial charge in [0.15, 0.2) is 6.61 Å². The van der Waals surface area contributed by atoms with Gasteiger partial charge in [0, 0.05) is 12.6 Å². The fourth-order valence-electron chi connectivity index (χ4n) is 2.00. The zero-order chi connectivity index (χ0) is 18.1. The smallest absolute Gasteiger partial charge is 0.278 e. The number of hydrogen-bond acceptors (Lipinski definition) is 5. The maximum atomic E-state index is 12.8. The fraction of sp³-hybridized carbons (Fsp3) is 0.176. The molecule has 7 nitrogen and oxygen atoms in total. The molecule has 0 atom stereocenters. The van der Waals surface area contributed by atoms with Crippen LogP contribution < -0.4 is 5.32 Å². The highest BCUT2D eigenvalue weighted by molar-refractivity contribution is 5.85. The minimum atomic E-state index is -0.524. The molecule has 0 heterocycles. The number of carbonyl (C=O) groups excluding carboxylic acids is 1. The number of para-hydroxylation sites is 1. The largest absolute Gasteiger partial charge is 0.386 e. The standard InChI is InChI=1S/C17H16FN3O4/c18-15-7-5-13(6-8-15)9-10-19-17(22)12-25-20-11-14-3-1-2-4-16(14)21(23)24/h1-8,11H,9-10,12H2,(H,19,22)/b20-11+. The van der Waals surface area contributed by atoms with Crippen LogP contribution in [0.3, 0.4) is 0 Å². The fourth-order valence-corrected chi connectivity index (χ4v) is 2.00. The highest BCUT2D eigenvalue weighted by atomic mass is 19.1. The summed E-state index contributed by atoms with van der Waals surface area (Å²) in [7, 11) is 0. The first-order chi connectivity index (χ1) is 12.1. The maximum absolute atomic E-state index is 12.8. The molecule has 2 aromatic rings. The molecule has 0 aromatic heterocycles. The van der Waals surface area contributed by atoms with E-state index in [0.717, 1.165) is 5.56 Å². The SMILES string of the molecule is O=C(CO/N=C/c1ccccc1[N+](=O)[O-])NCCc1ccc(F)cc1. The Hall–Kier alpha value is -3.29. The first-order valence-corrected chi connectivity index (χ1v) is 7.46. The Morgan fingerprint density at radius 2 is 1.96 bits per heavy atom. The highest BCUT2D eigenvalue weighted by Gasteiger charge is 2.10. The van der Waals surface area contributed by atoms with Crippen LogP contribution in [-0.2, 0) is 16.1 Å². The lowest BCUT2D eigenvalue weighted by atomic mass is 10.1. The summed E-state index contributed by atoms with van der Waals surface area (Å²) in [5.41, 5.74) is 1.08. The van der Waals surface area contributed by atoms with Crippen molar-refractivity contribution in [3.05, 3.63) is 75.6 Å². The summed E-state index contributed by atoms with van der Waals surface area (Å²) in [6, 6.07) is 12.1. The Morgan fingerprint density at radius 3 is 2.68 bits per heavy atom. The topological polar surface area (TPSA) is 93.8 Å². The van der Waals surface area contributed by atoms with Gasteiger partial charge < -0.3 is 10.2 Å². The minimum absolute atomic E-state index is 0.0985. The van der Waals surface area contributed by atoms with Gasteiger partial charge in [0.25, 0.3) is 11.6 Å². The van der Waals surface area contributed by atoms with Crippen LogP contribution in [0.5, 0.6) is 0 Å². The van der Waals surface area contributed by atoms with Gasteiger partial charge in [-0.05, 0) is 30.2 Å². The Labute approximate surface area is 143 Å². The molecular weight excluding hydrogens is 329 g/mol. The van der Waals surface area contributed by atoms with E-state index in [1.807, 2.05) is 0 Å². The second-order valence-electron chi connectivity index (χ2n) is 5.05. The van der Waals surface area contributed by atoms with Gasteiger partial charge in [0.05, 0.1) is 16.7 Å². The van der Waals surface area contributed by atoms with Crippen molar-refractivity contribution in [1.29, 1.82) is 0 Å². The molecule has 0 saturated heterocycles.